The molecule has 1 aliphatic carbocycles. The molecule has 9 nitrogen and oxygen atoms in total. The predicted octanol–water partition coefficient (Wildman–Crippen LogP) is 4.34. The van der Waals surface area contributed by atoms with Crippen LogP contribution in [0.25, 0.3) is 22.3 Å². The van der Waals surface area contributed by atoms with Gasteiger partial charge in [-0.1, -0.05) is 24.3 Å². The first-order chi connectivity index (χ1) is 17.6. The van der Waals surface area contributed by atoms with Crippen LogP contribution < -0.4 is 5.32 Å². The summed E-state index contributed by atoms with van der Waals surface area (Å²) in [6.45, 7) is 5.03. The van der Waals surface area contributed by atoms with Crippen molar-refractivity contribution >= 4 is 27.0 Å². The first kappa shape index (κ1) is 24.9. The van der Waals surface area contributed by atoms with Crippen molar-refractivity contribution < 1.29 is 23.1 Å². The van der Waals surface area contributed by atoms with Crippen molar-refractivity contribution in [3.63, 3.8) is 0 Å². The van der Waals surface area contributed by atoms with Crippen molar-refractivity contribution in [1.29, 1.82) is 0 Å². The van der Waals surface area contributed by atoms with Crippen molar-refractivity contribution in [2.45, 2.75) is 56.8 Å². The summed E-state index contributed by atoms with van der Waals surface area (Å²) in [5.41, 5.74) is 2.62. The summed E-state index contributed by atoms with van der Waals surface area (Å²) < 4.78 is 34.6. The largest absolute Gasteiger partial charge is 0.444 e. The van der Waals surface area contributed by atoms with Gasteiger partial charge in [-0.05, 0) is 69.0 Å². The number of fused-ring (bicyclic) bond motifs is 3. The highest BCUT2D eigenvalue weighted by atomic mass is 32.2. The molecule has 10 heteroatoms. The highest BCUT2D eigenvalue weighted by Crippen LogP contribution is 2.41. The number of ether oxygens (including phenoxy) is 1. The van der Waals surface area contributed by atoms with Gasteiger partial charge in [0.15, 0.2) is 0 Å². The van der Waals surface area contributed by atoms with Crippen molar-refractivity contribution in [2.24, 2.45) is 0 Å². The fourth-order valence-electron chi connectivity index (χ4n) is 4.80. The summed E-state index contributed by atoms with van der Waals surface area (Å²) in [6.07, 6.45) is 3.74. The summed E-state index contributed by atoms with van der Waals surface area (Å²) >= 11 is 0. The number of hydrogen-bond donors (Lipinski definition) is 2. The summed E-state index contributed by atoms with van der Waals surface area (Å²) in [4.78, 5) is 21.2. The zero-order chi connectivity index (χ0) is 26.4. The second-order valence-corrected chi connectivity index (χ2v) is 11.7. The Morgan fingerprint density at radius 3 is 2.57 bits per heavy atom. The maximum absolute atomic E-state index is 13.9. The van der Waals surface area contributed by atoms with E-state index in [1.165, 1.54) is 16.4 Å². The van der Waals surface area contributed by atoms with Gasteiger partial charge in [-0.3, -0.25) is 9.97 Å². The number of rotatable bonds is 5. The first-order valence-electron chi connectivity index (χ1n) is 12.0. The fourth-order valence-corrected chi connectivity index (χ4v) is 6.33. The molecule has 1 aliphatic rings. The standard InChI is InChI=1S/C27H28N4O5S/c1-27(2,3)36-26(33)30-21-11-9-18-19(21)10-12-23-20(18)15-24(25-22(16-32)28-13-14-29-25)31(23)37(34,35)17-7-5-4-6-8-17/h4-8,10,12-15,21,32H,9,11,16H2,1-3H3,(H,30,33)/t21-/m1/s1. The van der Waals surface area contributed by atoms with Gasteiger partial charge in [0.05, 0.1) is 34.4 Å². The van der Waals surface area contributed by atoms with Gasteiger partial charge < -0.3 is 15.2 Å². The lowest BCUT2D eigenvalue weighted by molar-refractivity contribution is 0.0503. The molecule has 2 heterocycles. The third kappa shape index (κ3) is 4.58. The topological polar surface area (TPSA) is 123 Å². The zero-order valence-corrected chi connectivity index (χ0v) is 21.6. The van der Waals surface area contributed by atoms with Gasteiger partial charge in [0.25, 0.3) is 10.0 Å². The summed E-state index contributed by atoms with van der Waals surface area (Å²) in [5, 5.41) is 13.6. The Bertz CT molecular complexity index is 1590. The third-order valence-electron chi connectivity index (χ3n) is 6.29. The van der Waals surface area contributed by atoms with Crippen LogP contribution in [0.2, 0.25) is 0 Å². The number of aliphatic hydroxyl groups excluding tert-OH is 1. The Morgan fingerprint density at radius 2 is 1.86 bits per heavy atom. The molecule has 0 bridgehead atoms. The summed E-state index contributed by atoms with van der Waals surface area (Å²) in [6, 6.07) is 13.3. The number of hydrogen-bond acceptors (Lipinski definition) is 7. The molecular formula is C27H28N4O5S. The Labute approximate surface area is 215 Å². The van der Waals surface area contributed by atoms with Crippen LogP contribution in [0, 0.1) is 0 Å². The second-order valence-electron chi connectivity index (χ2n) is 9.93. The van der Waals surface area contributed by atoms with Gasteiger partial charge in [-0.2, -0.15) is 0 Å². The van der Waals surface area contributed by atoms with Crippen LogP contribution >= 0.6 is 0 Å². The molecule has 2 aromatic heterocycles. The number of aliphatic hydroxyl groups is 1. The highest BCUT2D eigenvalue weighted by molar-refractivity contribution is 7.90. The Kier molecular flexibility index (Phi) is 6.25. The van der Waals surface area contributed by atoms with Crippen molar-refractivity contribution in [1.82, 2.24) is 19.3 Å². The highest BCUT2D eigenvalue weighted by Gasteiger charge is 2.32. The lowest BCUT2D eigenvalue weighted by Gasteiger charge is -2.22. The number of carbonyl (C=O) groups is 1. The molecule has 0 unspecified atom stereocenters. The van der Waals surface area contributed by atoms with Crippen LogP contribution in [-0.2, 0) is 27.8 Å². The van der Waals surface area contributed by atoms with E-state index in [9.17, 15) is 18.3 Å². The molecule has 0 fully saturated rings. The van der Waals surface area contributed by atoms with Gasteiger partial charge in [-0.15, -0.1) is 0 Å². The predicted molar refractivity (Wildman–Crippen MR) is 138 cm³/mol. The monoisotopic (exact) mass is 520 g/mol. The molecule has 1 amide bonds. The Hall–Kier alpha value is -3.76. The molecule has 37 heavy (non-hydrogen) atoms. The van der Waals surface area contributed by atoms with E-state index in [2.05, 4.69) is 15.3 Å². The normalized spacial score (nSPS) is 15.5. The van der Waals surface area contributed by atoms with Crippen molar-refractivity contribution in [3.05, 3.63) is 77.7 Å². The Balaban J connectivity index is 1.69. The van der Waals surface area contributed by atoms with E-state index in [0.717, 1.165) is 16.5 Å². The summed E-state index contributed by atoms with van der Waals surface area (Å²) in [7, 11) is -4.02. The molecular weight excluding hydrogens is 492 g/mol. The van der Waals surface area contributed by atoms with Crippen LogP contribution in [0.15, 0.2) is 65.8 Å². The minimum atomic E-state index is -4.02. The van der Waals surface area contributed by atoms with Gasteiger partial charge in [-0.25, -0.2) is 17.2 Å². The first-order valence-corrected chi connectivity index (χ1v) is 13.4. The van der Waals surface area contributed by atoms with Crippen molar-refractivity contribution in [3.8, 4) is 11.4 Å². The molecule has 0 saturated heterocycles. The molecule has 0 saturated carbocycles. The Morgan fingerprint density at radius 1 is 1.14 bits per heavy atom. The number of benzene rings is 2. The minimum Gasteiger partial charge on any atom is -0.444 e. The number of amides is 1. The lowest BCUT2D eigenvalue weighted by atomic mass is 10.0. The smallest absolute Gasteiger partial charge is 0.408 e. The van der Waals surface area contributed by atoms with Gasteiger partial charge in [0.2, 0.25) is 0 Å². The fraction of sp³-hybridized carbons (Fsp3) is 0.296. The zero-order valence-electron chi connectivity index (χ0n) is 20.8. The second kappa shape index (κ2) is 9.28. The van der Waals surface area contributed by atoms with Gasteiger partial charge in [0.1, 0.15) is 11.3 Å². The molecule has 4 aromatic rings. The molecule has 2 aromatic carbocycles. The molecule has 192 valence electrons. The lowest BCUT2D eigenvalue weighted by Crippen LogP contribution is -2.34. The van der Waals surface area contributed by atoms with Gasteiger partial charge in [0, 0.05) is 17.8 Å². The van der Waals surface area contributed by atoms with Crippen LogP contribution in [0.5, 0.6) is 0 Å². The SMILES string of the molecule is CC(C)(C)OC(=O)N[C@@H]1CCc2c1ccc1c2cc(-c2nccnc2CO)n1S(=O)(=O)c1ccccc1. The van der Waals surface area contributed by atoms with Gasteiger partial charge >= 0.3 is 6.09 Å². The number of carbonyl (C=O) groups excluding carboxylic acids is 1. The number of nitrogens with one attached hydrogen (secondary N) is 1. The van der Waals surface area contributed by atoms with Crippen LogP contribution in [0.1, 0.15) is 50.1 Å². The quantitative estimate of drug-likeness (QED) is 0.401. The van der Waals surface area contributed by atoms with Crippen LogP contribution in [-0.4, -0.2) is 39.2 Å². The molecule has 0 spiro atoms. The number of aryl methyl sites for hydroxylation is 1. The summed E-state index contributed by atoms with van der Waals surface area (Å²) in [5.74, 6) is 0. The van der Waals surface area contributed by atoms with E-state index in [1.54, 1.807) is 42.5 Å². The molecule has 1 atom stereocenters. The maximum Gasteiger partial charge on any atom is 0.408 e. The van der Waals surface area contributed by atoms with E-state index in [-0.39, 0.29) is 22.3 Å². The minimum absolute atomic E-state index is 0.133. The molecule has 5 rings (SSSR count). The van der Waals surface area contributed by atoms with E-state index in [4.69, 9.17) is 4.74 Å². The number of nitrogens with zero attached hydrogens (tertiary/aromatic N) is 3. The molecule has 0 aliphatic heterocycles. The van der Waals surface area contributed by atoms with E-state index in [1.807, 2.05) is 26.8 Å². The van der Waals surface area contributed by atoms with E-state index in [0.29, 0.717) is 24.1 Å². The maximum atomic E-state index is 13.9. The van der Waals surface area contributed by atoms with E-state index < -0.39 is 28.3 Å². The van der Waals surface area contributed by atoms with Crippen LogP contribution in [0.3, 0.4) is 0 Å². The van der Waals surface area contributed by atoms with Crippen LogP contribution in [0.4, 0.5) is 4.79 Å². The molecule has 2 N–H and O–H groups in total. The number of aromatic nitrogens is 3. The average Bonchev–Trinajstić information content (AvgIpc) is 3.45. The van der Waals surface area contributed by atoms with Crippen molar-refractivity contribution in [2.75, 3.05) is 0 Å². The third-order valence-corrected chi connectivity index (χ3v) is 8.03. The van der Waals surface area contributed by atoms with E-state index >= 15 is 0 Å². The average molecular weight is 521 g/mol. The number of alkyl carbamates (subject to hydrolysis) is 1. The molecule has 0 radical (unpaired) electrons.